The molecule has 1 aliphatic rings. The molecule has 180 valence electrons. The molecule has 2 aromatic heterocycles. The molecule has 1 aliphatic heterocycles. The molecule has 4 aromatic rings. The van der Waals surface area contributed by atoms with Crippen molar-refractivity contribution in [2.24, 2.45) is 0 Å². The predicted octanol–water partition coefficient (Wildman–Crippen LogP) is 4.85. The molecule has 1 N–H and O–H groups in total. The van der Waals surface area contributed by atoms with E-state index in [1.807, 2.05) is 30.3 Å². The number of aryl methyl sites for hydroxylation is 1. The molecule has 35 heavy (non-hydrogen) atoms. The van der Waals surface area contributed by atoms with Gasteiger partial charge in [0.25, 0.3) is 0 Å². The van der Waals surface area contributed by atoms with E-state index in [-0.39, 0.29) is 17.4 Å². The van der Waals surface area contributed by atoms with Gasteiger partial charge in [-0.2, -0.15) is 4.98 Å². The molecule has 2 aromatic carbocycles. The Kier molecular flexibility index (Phi) is 6.27. The molecular formula is C27H26FN3O4. The van der Waals surface area contributed by atoms with Gasteiger partial charge in [-0.25, -0.2) is 9.18 Å². The molecule has 7 nitrogen and oxygen atoms in total. The second-order valence-corrected chi connectivity index (χ2v) is 8.41. The molecule has 0 fully saturated rings. The zero-order valence-corrected chi connectivity index (χ0v) is 19.6. The average molecular weight is 476 g/mol. The number of benzene rings is 2. The van der Waals surface area contributed by atoms with Gasteiger partial charge in [0.15, 0.2) is 11.5 Å². The third kappa shape index (κ3) is 4.51. The molecule has 5 rings (SSSR count). The van der Waals surface area contributed by atoms with Crippen molar-refractivity contribution in [3.05, 3.63) is 94.0 Å². The molecule has 0 unspecified atom stereocenters. The Hall–Kier alpha value is -4.07. The molecule has 0 amide bonds. The molecule has 0 aliphatic carbocycles. The lowest BCUT2D eigenvalue weighted by Crippen LogP contribution is -2.29. The van der Waals surface area contributed by atoms with Crippen molar-refractivity contribution in [3.8, 4) is 22.8 Å². The van der Waals surface area contributed by atoms with Gasteiger partial charge < -0.3 is 19.2 Å². The molecular weight excluding hydrogens is 449 g/mol. The van der Waals surface area contributed by atoms with Gasteiger partial charge in [0.05, 0.1) is 26.2 Å². The lowest BCUT2D eigenvalue weighted by molar-refractivity contribution is 0.354. The van der Waals surface area contributed by atoms with Gasteiger partial charge in [-0.3, -0.25) is 4.57 Å². The van der Waals surface area contributed by atoms with Gasteiger partial charge in [0.1, 0.15) is 17.4 Å². The largest absolute Gasteiger partial charge is 0.493 e. The van der Waals surface area contributed by atoms with Crippen LogP contribution in [0.1, 0.15) is 29.2 Å². The SMILES string of the molecule is COc1cc2c(cc1OC)-c1cc(NCC[C@@H](c3ccc(F)cc3)c3ccco3)nc(=O)n1CC2. The molecule has 0 bridgehead atoms. The van der Waals surface area contributed by atoms with E-state index >= 15 is 0 Å². The third-order valence-electron chi connectivity index (χ3n) is 6.40. The summed E-state index contributed by atoms with van der Waals surface area (Å²) in [5.41, 5.74) is 3.46. The first-order chi connectivity index (χ1) is 17.1. The van der Waals surface area contributed by atoms with Crippen molar-refractivity contribution in [3.63, 3.8) is 0 Å². The Morgan fingerprint density at radius 3 is 2.60 bits per heavy atom. The first-order valence-electron chi connectivity index (χ1n) is 11.5. The summed E-state index contributed by atoms with van der Waals surface area (Å²) in [6.45, 7) is 1.09. The smallest absolute Gasteiger partial charge is 0.349 e. The summed E-state index contributed by atoms with van der Waals surface area (Å²) in [7, 11) is 3.20. The minimum Gasteiger partial charge on any atom is -0.493 e. The zero-order valence-electron chi connectivity index (χ0n) is 19.6. The number of methoxy groups -OCH3 is 2. The van der Waals surface area contributed by atoms with E-state index < -0.39 is 0 Å². The highest BCUT2D eigenvalue weighted by molar-refractivity contribution is 5.71. The number of anilines is 1. The second-order valence-electron chi connectivity index (χ2n) is 8.41. The molecule has 0 saturated carbocycles. The van der Waals surface area contributed by atoms with Crippen LogP contribution in [0.15, 0.2) is 70.1 Å². The van der Waals surface area contributed by atoms with Crippen LogP contribution in [-0.2, 0) is 13.0 Å². The van der Waals surface area contributed by atoms with Crippen LogP contribution in [0.2, 0.25) is 0 Å². The number of hydrogen-bond acceptors (Lipinski definition) is 6. The Morgan fingerprint density at radius 2 is 1.89 bits per heavy atom. The summed E-state index contributed by atoms with van der Waals surface area (Å²) in [5, 5.41) is 3.30. The maximum absolute atomic E-state index is 13.4. The second kappa shape index (κ2) is 9.66. The van der Waals surface area contributed by atoms with Crippen molar-refractivity contribution in [2.75, 3.05) is 26.1 Å². The lowest BCUT2D eigenvalue weighted by atomic mass is 9.93. The van der Waals surface area contributed by atoms with Crippen LogP contribution in [0, 0.1) is 5.82 Å². The number of nitrogens with one attached hydrogen (secondary N) is 1. The summed E-state index contributed by atoms with van der Waals surface area (Å²) < 4.78 is 31.7. The summed E-state index contributed by atoms with van der Waals surface area (Å²) in [4.78, 5) is 17.1. The van der Waals surface area contributed by atoms with Gasteiger partial charge in [-0.1, -0.05) is 12.1 Å². The number of furan rings is 1. The van der Waals surface area contributed by atoms with Crippen LogP contribution in [0.3, 0.4) is 0 Å². The average Bonchev–Trinajstić information content (AvgIpc) is 3.41. The fourth-order valence-corrected chi connectivity index (χ4v) is 4.64. The van der Waals surface area contributed by atoms with Crippen LogP contribution >= 0.6 is 0 Å². The third-order valence-corrected chi connectivity index (χ3v) is 6.40. The first kappa shape index (κ1) is 22.7. The fourth-order valence-electron chi connectivity index (χ4n) is 4.64. The number of rotatable bonds is 8. The Morgan fingerprint density at radius 1 is 1.11 bits per heavy atom. The quantitative estimate of drug-likeness (QED) is 0.393. The normalized spacial score (nSPS) is 13.0. The Labute approximate surface area is 202 Å². The van der Waals surface area contributed by atoms with Crippen molar-refractivity contribution in [2.45, 2.75) is 25.3 Å². The summed E-state index contributed by atoms with van der Waals surface area (Å²) in [6.07, 6.45) is 3.01. The van der Waals surface area contributed by atoms with E-state index in [0.717, 1.165) is 28.1 Å². The number of nitrogens with zero attached hydrogens (tertiary/aromatic N) is 2. The van der Waals surface area contributed by atoms with Crippen LogP contribution < -0.4 is 20.5 Å². The number of halogens is 1. The van der Waals surface area contributed by atoms with E-state index in [2.05, 4.69) is 10.3 Å². The van der Waals surface area contributed by atoms with Gasteiger partial charge in [0, 0.05) is 30.6 Å². The molecule has 0 radical (unpaired) electrons. The summed E-state index contributed by atoms with van der Waals surface area (Å²) >= 11 is 0. The van der Waals surface area contributed by atoms with Crippen molar-refractivity contribution >= 4 is 5.82 Å². The van der Waals surface area contributed by atoms with Crippen molar-refractivity contribution in [1.29, 1.82) is 0 Å². The van der Waals surface area contributed by atoms with E-state index in [9.17, 15) is 9.18 Å². The van der Waals surface area contributed by atoms with E-state index in [4.69, 9.17) is 13.9 Å². The minimum absolute atomic E-state index is 0.0609. The van der Waals surface area contributed by atoms with E-state index in [0.29, 0.717) is 43.2 Å². The minimum atomic E-state index is -0.299. The number of ether oxygens (including phenoxy) is 2. The van der Waals surface area contributed by atoms with Crippen LogP contribution in [0.4, 0.5) is 10.2 Å². The van der Waals surface area contributed by atoms with Gasteiger partial charge in [0.2, 0.25) is 0 Å². The van der Waals surface area contributed by atoms with Crippen LogP contribution in [0.25, 0.3) is 11.3 Å². The Bertz CT molecular complexity index is 1380. The zero-order chi connectivity index (χ0) is 24.4. The highest BCUT2D eigenvalue weighted by Gasteiger charge is 2.22. The number of aromatic nitrogens is 2. The molecule has 1 atom stereocenters. The summed E-state index contributed by atoms with van der Waals surface area (Å²) in [5.74, 6) is 2.24. The van der Waals surface area contributed by atoms with E-state index in [1.165, 1.54) is 12.1 Å². The topological polar surface area (TPSA) is 78.5 Å². The lowest BCUT2D eigenvalue weighted by Gasteiger charge is -2.23. The highest BCUT2D eigenvalue weighted by atomic mass is 19.1. The van der Waals surface area contributed by atoms with E-state index in [1.54, 1.807) is 37.2 Å². The predicted molar refractivity (Wildman–Crippen MR) is 131 cm³/mol. The molecule has 0 spiro atoms. The maximum Gasteiger partial charge on any atom is 0.349 e. The Balaban J connectivity index is 1.40. The molecule has 3 heterocycles. The summed E-state index contributed by atoms with van der Waals surface area (Å²) in [6, 6.07) is 16.0. The van der Waals surface area contributed by atoms with Gasteiger partial charge in [-0.05, 0) is 60.4 Å². The molecule has 8 heteroatoms. The van der Waals surface area contributed by atoms with Crippen molar-refractivity contribution < 1.29 is 18.3 Å². The first-order valence-corrected chi connectivity index (χ1v) is 11.5. The fraction of sp³-hybridized carbons (Fsp3) is 0.259. The number of fused-ring (bicyclic) bond motifs is 3. The number of hydrogen-bond donors (Lipinski definition) is 1. The maximum atomic E-state index is 13.4. The van der Waals surface area contributed by atoms with Gasteiger partial charge in [-0.15, -0.1) is 0 Å². The monoisotopic (exact) mass is 475 g/mol. The standard InChI is InChI=1S/C27H26FN3O4/c1-33-24-14-18-10-12-31-22(21(18)15-25(24)34-2)16-26(30-27(31)32)29-11-9-20(23-4-3-13-35-23)17-5-7-19(28)8-6-17/h3-8,13-16,20H,9-12H2,1-2H3,(H,29,30,32)/t20-/m0/s1. The highest BCUT2D eigenvalue weighted by Crippen LogP contribution is 2.38. The molecule has 0 saturated heterocycles. The van der Waals surface area contributed by atoms with Crippen LogP contribution in [0.5, 0.6) is 11.5 Å². The van der Waals surface area contributed by atoms with Gasteiger partial charge >= 0.3 is 5.69 Å². The van der Waals surface area contributed by atoms with Crippen LogP contribution in [-0.4, -0.2) is 30.3 Å². The van der Waals surface area contributed by atoms with Crippen molar-refractivity contribution in [1.82, 2.24) is 9.55 Å².